The van der Waals surface area contributed by atoms with Crippen LogP contribution in [-0.4, -0.2) is 31.2 Å². The minimum Gasteiger partial charge on any atom is -0.450 e. The van der Waals surface area contributed by atoms with Crippen LogP contribution < -0.4 is 10.6 Å². The van der Waals surface area contributed by atoms with E-state index >= 15 is 0 Å². The Morgan fingerprint density at radius 1 is 1.40 bits per heavy atom. The molecule has 2 amide bonds. The van der Waals surface area contributed by atoms with Gasteiger partial charge in [0.1, 0.15) is 6.04 Å². The smallest absolute Gasteiger partial charge is 0.407 e. The van der Waals surface area contributed by atoms with Crippen molar-refractivity contribution in [1.82, 2.24) is 10.6 Å². The molecule has 20 heavy (non-hydrogen) atoms. The SMILES string of the molecule is CCOC(=O)N[C@@H](C(=O)NCCc1cccs1)C(C)C. The van der Waals surface area contributed by atoms with Gasteiger partial charge in [-0.1, -0.05) is 19.9 Å². The highest BCUT2D eigenvalue weighted by atomic mass is 32.1. The number of hydrogen-bond donors (Lipinski definition) is 2. The van der Waals surface area contributed by atoms with Gasteiger partial charge in [-0.25, -0.2) is 4.79 Å². The van der Waals surface area contributed by atoms with Gasteiger partial charge in [0.25, 0.3) is 0 Å². The van der Waals surface area contributed by atoms with Crippen molar-refractivity contribution in [1.29, 1.82) is 0 Å². The van der Waals surface area contributed by atoms with Crippen molar-refractivity contribution in [3.63, 3.8) is 0 Å². The Hall–Kier alpha value is -1.56. The lowest BCUT2D eigenvalue weighted by Crippen LogP contribution is -2.50. The molecule has 0 aliphatic carbocycles. The second kappa shape index (κ2) is 8.58. The van der Waals surface area contributed by atoms with Crippen LogP contribution in [0.25, 0.3) is 0 Å². The highest BCUT2D eigenvalue weighted by molar-refractivity contribution is 7.09. The molecular weight excluding hydrogens is 276 g/mol. The molecule has 112 valence electrons. The van der Waals surface area contributed by atoms with Crippen molar-refractivity contribution in [3.8, 4) is 0 Å². The lowest BCUT2D eigenvalue weighted by Gasteiger charge is -2.21. The molecule has 0 spiro atoms. The van der Waals surface area contributed by atoms with Crippen LogP contribution in [0.15, 0.2) is 17.5 Å². The standard InChI is InChI=1S/C14H22N2O3S/c1-4-19-14(18)16-12(10(2)3)13(17)15-8-7-11-6-5-9-20-11/h5-6,9-10,12H,4,7-8H2,1-3H3,(H,15,17)(H,16,18)/t12-/m1/s1. The van der Waals surface area contributed by atoms with E-state index in [0.717, 1.165) is 6.42 Å². The zero-order valence-corrected chi connectivity index (χ0v) is 13.0. The van der Waals surface area contributed by atoms with Crippen LogP contribution >= 0.6 is 11.3 Å². The van der Waals surface area contributed by atoms with Crippen LogP contribution in [0.2, 0.25) is 0 Å². The van der Waals surface area contributed by atoms with Gasteiger partial charge < -0.3 is 15.4 Å². The summed E-state index contributed by atoms with van der Waals surface area (Å²) in [6.45, 7) is 6.35. The molecule has 0 saturated heterocycles. The minimum absolute atomic E-state index is 0.00106. The van der Waals surface area contributed by atoms with Crippen molar-refractivity contribution < 1.29 is 14.3 Å². The Bertz CT molecular complexity index is 418. The molecule has 1 rings (SSSR count). The summed E-state index contributed by atoms with van der Waals surface area (Å²) < 4.78 is 4.81. The van der Waals surface area contributed by atoms with Gasteiger partial charge in [0, 0.05) is 11.4 Å². The maximum atomic E-state index is 12.1. The van der Waals surface area contributed by atoms with Crippen LogP contribution in [0, 0.1) is 5.92 Å². The van der Waals surface area contributed by atoms with E-state index in [0.29, 0.717) is 6.54 Å². The van der Waals surface area contributed by atoms with Crippen molar-refractivity contribution in [2.24, 2.45) is 5.92 Å². The molecule has 1 aromatic rings. The fraction of sp³-hybridized carbons (Fsp3) is 0.571. The van der Waals surface area contributed by atoms with Gasteiger partial charge in [-0.2, -0.15) is 0 Å². The number of alkyl carbamates (subject to hydrolysis) is 1. The summed E-state index contributed by atoms with van der Waals surface area (Å²) in [5.74, 6) is -0.175. The molecule has 6 heteroatoms. The quantitative estimate of drug-likeness (QED) is 0.810. The van der Waals surface area contributed by atoms with Gasteiger partial charge in [-0.3, -0.25) is 4.79 Å². The predicted octanol–water partition coefficient (Wildman–Crippen LogP) is 2.18. The molecule has 1 atom stereocenters. The summed E-state index contributed by atoms with van der Waals surface area (Å²) in [5.41, 5.74) is 0. The molecule has 0 saturated carbocycles. The summed E-state index contributed by atoms with van der Waals surface area (Å²) in [6, 6.07) is 3.45. The van der Waals surface area contributed by atoms with Gasteiger partial charge in [0.15, 0.2) is 0 Å². The maximum Gasteiger partial charge on any atom is 0.407 e. The lowest BCUT2D eigenvalue weighted by molar-refractivity contribution is -0.124. The molecule has 2 N–H and O–H groups in total. The van der Waals surface area contributed by atoms with Gasteiger partial charge >= 0.3 is 6.09 Å². The first-order valence-corrected chi connectivity index (χ1v) is 7.66. The van der Waals surface area contributed by atoms with Gasteiger partial charge in [-0.05, 0) is 30.7 Å². The molecule has 0 unspecified atom stereocenters. The first-order chi connectivity index (χ1) is 9.54. The number of carbonyl (C=O) groups excluding carboxylic acids is 2. The lowest BCUT2D eigenvalue weighted by atomic mass is 10.0. The van der Waals surface area contributed by atoms with Crippen molar-refractivity contribution in [3.05, 3.63) is 22.4 Å². The number of thiophene rings is 1. The number of amides is 2. The Kier molecular flexibility index (Phi) is 7.08. The van der Waals surface area contributed by atoms with E-state index in [2.05, 4.69) is 10.6 Å². The topological polar surface area (TPSA) is 67.4 Å². The summed E-state index contributed by atoms with van der Waals surface area (Å²) in [6.07, 6.45) is 0.243. The zero-order chi connectivity index (χ0) is 15.0. The third-order valence-corrected chi connectivity index (χ3v) is 3.68. The fourth-order valence-corrected chi connectivity index (χ4v) is 2.42. The van der Waals surface area contributed by atoms with Crippen molar-refractivity contribution >= 4 is 23.3 Å². The maximum absolute atomic E-state index is 12.1. The second-order valence-electron chi connectivity index (χ2n) is 4.71. The molecule has 0 aliphatic heterocycles. The van der Waals surface area contributed by atoms with Crippen molar-refractivity contribution in [2.75, 3.05) is 13.2 Å². The first-order valence-electron chi connectivity index (χ1n) is 6.78. The molecule has 0 fully saturated rings. The van der Waals surface area contributed by atoms with E-state index in [1.54, 1.807) is 18.3 Å². The largest absolute Gasteiger partial charge is 0.450 e. The third-order valence-electron chi connectivity index (χ3n) is 2.75. The monoisotopic (exact) mass is 298 g/mol. The first kappa shape index (κ1) is 16.5. The van der Waals surface area contributed by atoms with Gasteiger partial charge in [-0.15, -0.1) is 11.3 Å². The number of hydrogen-bond acceptors (Lipinski definition) is 4. The Labute approximate surface area is 123 Å². The zero-order valence-electron chi connectivity index (χ0n) is 12.1. The average molecular weight is 298 g/mol. The molecule has 1 heterocycles. The van der Waals surface area contributed by atoms with E-state index in [1.165, 1.54) is 4.88 Å². The average Bonchev–Trinajstić information content (AvgIpc) is 2.89. The molecule has 0 aromatic carbocycles. The molecular formula is C14H22N2O3S. The predicted molar refractivity (Wildman–Crippen MR) is 79.8 cm³/mol. The Morgan fingerprint density at radius 3 is 2.70 bits per heavy atom. The number of rotatable bonds is 7. The summed E-state index contributed by atoms with van der Waals surface area (Å²) in [4.78, 5) is 24.7. The summed E-state index contributed by atoms with van der Waals surface area (Å²) in [7, 11) is 0. The normalized spacial score (nSPS) is 12.0. The van der Waals surface area contributed by atoms with E-state index < -0.39 is 12.1 Å². The summed E-state index contributed by atoms with van der Waals surface area (Å²) >= 11 is 1.67. The number of carbonyl (C=O) groups is 2. The molecule has 0 radical (unpaired) electrons. The van der Waals surface area contributed by atoms with Gasteiger partial charge in [0.2, 0.25) is 5.91 Å². The molecule has 1 aromatic heterocycles. The van der Waals surface area contributed by atoms with E-state index in [4.69, 9.17) is 4.74 Å². The van der Waals surface area contributed by atoms with Gasteiger partial charge in [0.05, 0.1) is 6.61 Å². The Morgan fingerprint density at radius 2 is 2.15 bits per heavy atom. The highest BCUT2D eigenvalue weighted by Crippen LogP contribution is 2.08. The van der Waals surface area contributed by atoms with Crippen LogP contribution in [-0.2, 0) is 16.0 Å². The van der Waals surface area contributed by atoms with E-state index in [-0.39, 0.29) is 18.4 Å². The van der Waals surface area contributed by atoms with Crippen LogP contribution in [0.4, 0.5) is 4.79 Å². The third kappa shape index (κ3) is 5.61. The van der Waals surface area contributed by atoms with E-state index in [9.17, 15) is 9.59 Å². The molecule has 0 aliphatic rings. The van der Waals surface area contributed by atoms with Crippen LogP contribution in [0.5, 0.6) is 0 Å². The fourth-order valence-electron chi connectivity index (χ4n) is 1.71. The summed E-state index contributed by atoms with van der Waals surface area (Å²) in [5, 5.41) is 7.45. The minimum atomic E-state index is -0.572. The van der Waals surface area contributed by atoms with E-state index in [1.807, 2.05) is 31.4 Å². The van der Waals surface area contributed by atoms with Crippen molar-refractivity contribution in [2.45, 2.75) is 33.2 Å². The number of nitrogens with one attached hydrogen (secondary N) is 2. The Balaban J connectivity index is 2.41. The highest BCUT2D eigenvalue weighted by Gasteiger charge is 2.24. The molecule has 0 bridgehead atoms. The number of ether oxygens (including phenoxy) is 1. The van der Waals surface area contributed by atoms with Crippen LogP contribution in [0.1, 0.15) is 25.6 Å². The second-order valence-corrected chi connectivity index (χ2v) is 5.74. The molecule has 5 nitrogen and oxygen atoms in total. The van der Waals surface area contributed by atoms with Crippen LogP contribution in [0.3, 0.4) is 0 Å².